The molecule has 0 aliphatic carbocycles. The molecular weight excluding hydrogens is 272 g/mol. The monoisotopic (exact) mass is 290 g/mol. The Labute approximate surface area is 122 Å². The first-order valence-electron chi connectivity index (χ1n) is 6.81. The number of aromatic nitrogens is 4. The van der Waals surface area contributed by atoms with Crippen molar-refractivity contribution in [3.05, 3.63) is 36.2 Å². The molecule has 0 N–H and O–H groups in total. The number of pyridine rings is 1. The predicted octanol–water partition coefficient (Wildman–Crippen LogP) is 2.42. The number of hydrogen-bond acceptors (Lipinski definition) is 5. The molecule has 3 rings (SSSR count). The van der Waals surface area contributed by atoms with Gasteiger partial charge in [-0.25, -0.2) is 9.67 Å². The summed E-state index contributed by atoms with van der Waals surface area (Å²) in [6.07, 6.45) is 7.70. The van der Waals surface area contributed by atoms with E-state index in [0.717, 1.165) is 49.1 Å². The largest absolute Gasteiger partial charge is 0.381 e. The SMILES string of the molecule is CSCc1nc(C2CCOCC2)nn1-c1cccnc1. The van der Waals surface area contributed by atoms with Crippen molar-refractivity contribution in [2.75, 3.05) is 19.5 Å². The van der Waals surface area contributed by atoms with E-state index in [9.17, 15) is 0 Å². The minimum Gasteiger partial charge on any atom is -0.381 e. The Kier molecular flexibility index (Phi) is 4.32. The third kappa shape index (κ3) is 2.86. The van der Waals surface area contributed by atoms with Crippen molar-refractivity contribution in [2.24, 2.45) is 0 Å². The maximum Gasteiger partial charge on any atom is 0.154 e. The molecule has 5 nitrogen and oxygen atoms in total. The lowest BCUT2D eigenvalue weighted by atomic mass is 10.00. The predicted molar refractivity (Wildman–Crippen MR) is 79.2 cm³/mol. The maximum absolute atomic E-state index is 5.41. The average molecular weight is 290 g/mol. The fourth-order valence-electron chi connectivity index (χ4n) is 2.40. The lowest BCUT2D eigenvalue weighted by molar-refractivity contribution is 0.0836. The molecule has 106 valence electrons. The molecule has 3 heterocycles. The second-order valence-corrected chi connectivity index (χ2v) is 5.69. The van der Waals surface area contributed by atoms with Gasteiger partial charge in [0.1, 0.15) is 5.82 Å². The van der Waals surface area contributed by atoms with Gasteiger partial charge in [-0.15, -0.1) is 0 Å². The van der Waals surface area contributed by atoms with Crippen LogP contribution in [0.3, 0.4) is 0 Å². The number of ether oxygens (including phenoxy) is 1. The van der Waals surface area contributed by atoms with Crippen molar-refractivity contribution in [3.8, 4) is 5.69 Å². The van der Waals surface area contributed by atoms with Gasteiger partial charge in [0.2, 0.25) is 0 Å². The Morgan fingerprint density at radius 1 is 1.40 bits per heavy atom. The van der Waals surface area contributed by atoms with E-state index >= 15 is 0 Å². The Balaban J connectivity index is 1.93. The van der Waals surface area contributed by atoms with E-state index in [2.05, 4.69) is 11.2 Å². The first-order chi connectivity index (χ1) is 9.88. The normalized spacial score (nSPS) is 16.4. The molecule has 1 aliphatic rings. The van der Waals surface area contributed by atoms with E-state index in [0.29, 0.717) is 5.92 Å². The minimum atomic E-state index is 0.419. The standard InChI is InChI=1S/C14H18N4OS/c1-20-10-13-16-14(11-4-7-19-8-5-11)17-18(13)12-3-2-6-15-9-12/h2-3,6,9,11H,4-5,7-8,10H2,1H3. The summed E-state index contributed by atoms with van der Waals surface area (Å²) in [5.74, 6) is 3.21. The van der Waals surface area contributed by atoms with Gasteiger partial charge in [-0.05, 0) is 31.2 Å². The number of nitrogens with zero attached hydrogens (tertiary/aromatic N) is 4. The lowest BCUT2D eigenvalue weighted by Crippen LogP contribution is -2.15. The highest BCUT2D eigenvalue weighted by Crippen LogP contribution is 2.26. The molecule has 2 aromatic rings. The average Bonchev–Trinajstić information content (AvgIpc) is 2.94. The van der Waals surface area contributed by atoms with Crippen LogP contribution < -0.4 is 0 Å². The minimum absolute atomic E-state index is 0.419. The van der Waals surface area contributed by atoms with Gasteiger partial charge in [0.15, 0.2) is 5.82 Å². The molecule has 6 heteroatoms. The van der Waals surface area contributed by atoms with Crippen LogP contribution in [0.25, 0.3) is 5.69 Å². The molecule has 0 atom stereocenters. The molecule has 0 radical (unpaired) electrons. The molecule has 0 bridgehead atoms. The first-order valence-corrected chi connectivity index (χ1v) is 8.21. The van der Waals surface area contributed by atoms with E-state index < -0.39 is 0 Å². The first kappa shape index (κ1) is 13.6. The second kappa shape index (κ2) is 6.37. The maximum atomic E-state index is 5.41. The summed E-state index contributed by atoms with van der Waals surface area (Å²) >= 11 is 1.76. The van der Waals surface area contributed by atoms with Gasteiger partial charge in [0, 0.05) is 25.3 Å². The van der Waals surface area contributed by atoms with Crippen molar-refractivity contribution in [1.29, 1.82) is 0 Å². The van der Waals surface area contributed by atoms with Gasteiger partial charge in [0.25, 0.3) is 0 Å². The zero-order valence-corrected chi connectivity index (χ0v) is 12.3. The quantitative estimate of drug-likeness (QED) is 0.865. The number of rotatable bonds is 4. The molecule has 0 saturated carbocycles. The van der Waals surface area contributed by atoms with Crippen molar-refractivity contribution < 1.29 is 4.74 Å². The second-order valence-electron chi connectivity index (χ2n) is 4.83. The van der Waals surface area contributed by atoms with Gasteiger partial charge < -0.3 is 4.74 Å². The third-order valence-electron chi connectivity index (χ3n) is 3.44. The zero-order valence-electron chi connectivity index (χ0n) is 11.5. The summed E-state index contributed by atoms with van der Waals surface area (Å²) in [6.45, 7) is 1.62. The molecule has 0 amide bonds. The third-order valence-corrected chi connectivity index (χ3v) is 3.99. The van der Waals surface area contributed by atoms with Gasteiger partial charge >= 0.3 is 0 Å². The molecule has 0 aromatic carbocycles. The van der Waals surface area contributed by atoms with E-state index in [4.69, 9.17) is 14.8 Å². The molecule has 20 heavy (non-hydrogen) atoms. The summed E-state index contributed by atoms with van der Waals surface area (Å²) < 4.78 is 7.34. The van der Waals surface area contributed by atoms with Gasteiger partial charge in [-0.2, -0.15) is 16.9 Å². The summed E-state index contributed by atoms with van der Waals surface area (Å²) in [6, 6.07) is 3.94. The van der Waals surface area contributed by atoms with Crippen LogP contribution in [-0.4, -0.2) is 39.2 Å². The summed E-state index contributed by atoms with van der Waals surface area (Å²) in [7, 11) is 0. The highest BCUT2D eigenvalue weighted by Gasteiger charge is 2.22. The summed E-state index contributed by atoms with van der Waals surface area (Å²) in [4.78, 5) is 8.92. The van der Waals surface area contributed by atoms with E-state index in [-0.39, 0.29) is 0 Å². The Bertz CT molecular complexity index is 552. The van der Waals surface area contributed by atoms with Gasteiger partial charge in [-0.3, -0.25) is 4.98 Å². The van der Waals surface area contributed by atoms with Crippen LogP contribution in [0.5, 0.6) is 0 Å². The van der Waals surface area contributed by atoms with Gasteiger partial charge in [0.05, 0.1) is 17.6 Å². The molecular formula is C14H18N4OS. The Morgan fingerprint density at radius 2 is 2.25 bits per heavy atom. The van der Waals surface area contributed by atoms with Crippen LogP contribution in [0.4, 0.5) is 0 Å². The number of hydrogen-bond donors (Lipinski definition) is 0. The Hall–Kier alpha value is -1.40. The molecule has 0 unspecified atom stereocenters. The zero-order chi connectivity index (χ0) is 13.8. The van der Waals surface area contributed by atoms with Crippen LogP contribution in [-0.2, 0) is 10.5 Å². The van der Waals surface area contributed by atoms with Crippen molar-refractivity contribution in [2.45, 2.75) is 24.5 Å². The Morgan fingerprint density at radius 3 is 2.95 bits per heavy atom. The fourth-order valence-corrected chi connectivity index (χ4v) is 2.84. The topological polar surface area (TPSA) is 52.8 Å². The van der Waals surface area contributed by atoms with Crippen molar-refractivity contribution in [1.82, 2.24) is 19.7 Å². The summed E-state index contributed by atoms with van der Waals surface area (Å²) in [5.41, 5.74) is 0.974. The van der Waals surface area contributed by atoms with E-state index in [1.165, 1.54) is 0 Å². The number of thioether (sulfide) groups is 1. The van der Waals surface area contributed by atoms with Crippen molar-refractivity contribution >= 4 is 11.8 Å². The fraction of sp³-hybridized carbons (Fsp3) is 0.500. The van der Waals surface area contributed by atoms with Gasteiger partial charge in [-0.1, -0.05) is 0 Å². The van der Waals surface area contributed by atoms with Crippen LogP contribution in [0.2, 0.25) is 0 Å². The van der Waals surface area contributed by atoms with E-state index in [1.807, 2.05) is 23.0 Å². The molecule has 1 aliphatic heterocycles. The highest BCUT2D eigenvalue weighted by atomic mass is 32.2. The molecule has 1 saturated heterocycles. The molecule has 2 aromatic heterocycles. The molecule has 0 spiro atoms. The van der Waals surface area contributed by atoms with Crippen molar-refractivity contribution in [3.63, 3.8) is 0 Å². The van der Waals surface area contributed by atoms with Crippen LogP contribution >= 0.6 is 11.8 Å². The van der Waals surface area contributed by atoms with Crippen LogP contribution in [0, 0.1) is 0 Å². The lowest BCUT2D eigenvalue weighted by Gasteiger charge is -2.18. The van der Waals surface area contributed by atoms with Crippen LogP contribution in [0.1, 0.15) is 30.4 Å². The van der Waals surface area contributed by atoms with E-state index in [1.54, 1.807) is 18.0 Å². The highest BCUT2D eigenvalue weighted by molar-refractivity contribution is 7.97. The summed E-state index contributed by atoms with van der Waals surface area (Å²) in [5, 5.41) is 4.72. The smallest absolute Gasteiger partial charge is 0.154 e. The molecule has 1 fully saturated rings. The van der Waals surface area contributed by atoms with Crippen LogP contribution in [0.15, 0.2) is 24.5 Å².